The molecule has 86 valence electrons. The number of carbonyl (C=O) groups is 1. The van der Waals surface area contributed by atoms with Gasteiger partial charge in [-0.05, 0) is 30.9 Å². The first-order valence-corrected chi connectivity index (χ1v) is 6.00. The van der Waals surface area contributed by atoms with Crippen molar-refractivity contribution in [2.24, 2.45) is 11.8 Å². The van der Waals surface area contributed by atoms with Crippen LogP contribution in [0.3, 0.4) is 0 Å². The van der Waals surface area contributed by atoms with Crippen LogP contribution in [-0.4, -0.2) is 12.4 Å². The number of Topliss-reactive ketones (excluding diaryl/α,β-unsaturated/α-hetero) is 1. The van der Waals surface area contributed by atoms with E-state index in [0.29, 0.717) is 12.5 Å². The van der Waals surface area contributed by atoms with Crippen LogP contribution in [0.25, 0.3) is 0 Å². The molecule has 1 saturated carbocycles. The van der Waals surface area contributed by atoms with E-state index >= 15 is 0 Å². The van der Waals surface area contributed by atoms with Crippen LogP contribution >= 0.6 is 0 Å². The highest BCUT2D eigenvalue weighted by Gasteiger charge is 2.40. The number of carbonyl (C=O) groups excluding carboxylic acids is 1. The fraction of sp³-hybridized carbons (Fsp3) is 0.500. The lowest BCUT2D eigenvalue weighted by Gasteiger charge is -2.09. The first kappa shape index (κ1) is 11.2. The second-order valence-electron chi connectivity index (χ2n) is 4.53. The molecular formula is C14H18O2. The molecule has 0 amide bonds. The van der Waals surface area contributed by atoms with Crippen LogP contribution < -0.4 is 4.74 Å². The summed E-state index contributed by atoms with van der Waals surface area (Å²) in [6.45, 7) is 4.86. The maximum absolute atomic E-state index is 12.1. The van der Waals surface area contributed by atoms with E-state index in [0.717, 1.165) is 24.2 Å². The highest BCUT2D eigenvalue weighted by atomic mass is 16.5. The van der Waals surface area contributed by atoms with Crippen molar-refractivity contribution in [3.63, 3.8) is 0 Å². The zero-order chi connectivity index (χ0) is 11.5. The van der Waals surface area contributed by atoms with Gasteiger partial charge in [-0.1, -0.05) is 26.0 Å². The van der Waals surface area contributed by atoms with E-state index in [9.17, 15) is 4.79 Å². The summed E-state index contributed by atoms with van der Waals surface area (Å²) in [7, 11) is 0. The molecule has 2 heteroatoms. The Morgan fingerprint density at radius 3 is 2.75 bits per heavy atom. The van der Waals surface area contributed by atoms with Crippen LogP contribution in [0.1, 0.15) is 37.0 Å². The number of hydrogen-bond acceptors (Lipinski definition) is 2. The second-order valence-corrected chi connectivity index (χ2v) is 4.53. The summed E-state index contributed by atoms with van der Waals surface area (Å²) in [4.78, 5) is 12.1. The molecule has 0 N–H and O–H groups in total. The van der Waals surface area contributed by atoms with Crippen molar-refractivity contribution >= 4 is 5.78 Å². The Kier molecular flexibility index (Phi) is 3.28. The Morgan fingerprint density at radius 1 is 1.44 bits per heavy atom. The van der Waals surface area contributed by atoms with E-state index in [2.05, 4.69) is 13.8 Å². The average molecular weight is 218 g/mol. The third kappa shape index (κ3) is 2.26. The molecule has 1 aliphatic carbocycles. The predicted octanol–water partition coefficient (Wildman–Crippen LogP) is 3.31. The molecule has 0 saturated heterocycles. The van der Waals surface area contributed by atoms with Crippen LogP contribution in [0.4, 0.5) is 0 Å². The van der Waals surface area contributed by atoms with Crippen LogP contribution in [-0.2, 0) is 0 Å². The van der Waals surface area contributed by atoms with Crippen LogP contribution in [0.15, 0.2) is 24.3 Å². The Labute approximate surface area is 96.6 Å². The number of rotatable bonds is 5. The van der Waals surface area contributed by atoms with Gasteiger partial charge in [-0.2, -0.15) is 0 Å². The first-order chi connectivity index (χ1) is 7.74. The quantitative estimate of drug-likeness (QED) is 0.709. The van der Waals surface area contributed by atoms with Crippen molar-refractivity contribution in [3.8, 4) is 5.75 Å². The lowest BCUT2D eigenvalue weighted by atomic mass is 10.1. The Balaban J connectivity index is 2.15. The van der Waals surface area contributed by atoms with Crippen molar-refractivity contribution in [3.05, 3.63) is 29.8 Å². The summed E-state index contributed by atoms with van der Waals surface area (Å²) in [5.41, 5.74) is 0.755. The molecule has 1 fully saturated rings. The highest BCUT2D eigenvalue weighted by molar-refractivity contribution is 6.01. The molecule has 2 rings (SSSR count). The molecular weight excluding hydrogens is 200 g/mol. The van der Waals surface area contributed by atoms with Gasteiger partial charge in [0, 0.05) is 5.92 Å². The molecule has 0 bridgehead atoms. The molecule has 16 heavy (non-hydrogen) atoms. The maximum atomic E-state index is 12.1. The van der Waals surface area contributed by atoms with Gasteiger partial charge in [0.15, 0.2) is 5.78 Å². The lowest BCUT2D eigenvalue weighted by molar-refractivity contribution is 0.0958. The van der Waals surface area contributed by atoms with Crippen molar-refractivity contribution in [2.75, 3.05) is 6.61 Å². The number of ketones is 1. The topological polar surface area (TPSA) is 26.3 Å². The molecule has 0 heterocycles. The van der Waals surface area contributed by atoms with Gasteiger partial charge in [0.25, 0.3) is 0 Å². The number of para-hydroxylation sites is 1. The van der Waals surface area contributed by atoms with Gasteiger partial charge >= 0.3 is 0 Å². The van der Waals surface area contributed by atoms with Crippen molar-refractivity contribution < 1.29 is 9.53 Å². The standard InChI is InChI=1S/C14H18O2/c1-3-8-16-13-7-5-4-6-11(13)14(15)12-9-10(12)2/h4-7,10,12H,3,8-9H2,1-2H3. The fourth-order valence-electron chi connectivity index (χ4n) is 1.90. The molecule has 0 aliphatic heterocycles. The summed E-state index contributed by atoms with van der Waals surface area (Å²) in [6, 6.07) is 7.57. The zero-order valence-electron chi connectivity index (χ0n) is 9.90. The van der Waals surface area contributed by atoms with E-state index in [1.165, 1.54) is 0 Å². The SMILES string of the molecule is CCCOc1ccccc1C(=O)C1CC1C. The predicted molar refractivity (Wildman–Crippen MR) is 63.8 cm³/mol. The smallest absolute Gasteiger partial charge is 0.169 e. The summed E-state index contributed by atoms with van der Waals surface area (Å²) in [6.07, 6.45) is 1.99. The van der Waals surface area contributed by atoms with Gasteiger partial charge in [0.05, 0.1) is 12.2 Å². The van der Waals surface area contributed by atoms with Gasteiger partial charge in [0.2, 0.25) is 0 Å². The fourth-order valence-corrected chi connectivity index (χ4v) is 1.90. The minimum absolute atomic E-state index is 0.228. The zero-order valence-corrected chi connectivity index (χ0v) is 9.90. The van der Waals surface area contributed by atoms with Crippen molar-refractivity contribution in [1.29, 1.82) is 0 Å². The normalized spacial score (nSPS) is 22.9. The summed E-state index contributed by atoms with van der Waals surface area (Å²) in [5.74, 6) is 1.77. The molecule has 0 spiro atoms. The summed E-state index contributed by atoms with van der Waals surface area (Å²) >= 11 is 0. The van der Waals surface area contributed by atoms with E-state index < -0.39 is 0 Å². The largest absolute Gasteiger partial charge is 0.493 e. The first-order valence-electron chi connectivity index (χ1n) is 6.00. The van der Waals surface area contributed by atoms with Crippen LogP contribution in [0, 0.1) is 11.8 Å². The van der Waals surface area contributed by atoms with Gasteiger partial charge < -0.3 is 4.74 Å². The summed E-state index contributed by atoms with van der Waals surface area (Å²) in [5, 5.41) is 0. The highest BCUT2D eigenvalue weighted by Crippen LogP contribution is 2.41. The van der Waals surface area contributed by atoms with Crippen LogP contribution in [0.5, 0.6) is 5.75 Å². The molecule has 2 unspecified atom stereocenters. The Morgan fingerprint density at radius 2 is 2.12 bits per heavy atom. The van der Waals surface area contributed by atoms with E-state index in [4.69, 9.17) is 4.74 Å². The van der Waals surface area contributed by atoms with E-state index in [-0.39, 0.29) is 11.7 Å². The summed E-state index contributed by atoms with van der Waals surface area (Å²) < 4.78 is 5.60. The minimum Gasteiger partial charge on any atom is -0.493 e. The number of benzene rings is 1. The van der Waals surface area contributed by atoms with Crippen LogP contribution in [0.2, 0.25) is 0 Å². The number of ether oxygens (including phenoxy) is 1. The van der Waals surface area contributed by atoms with Gasteiger partial charge in [-0.25, -0.2) is 0 Å². The van der Waals surface area contributed by atoms with Crippen molar-refractivity contribution in [1.82, 2.24) is 0 Å². The Hall–Kier alpha value is -1.31. The second kappa shape index (κ2) is 4.69. The molecule has 1 aromatic rings. The monoisotopic (exact) mass is 218 g/mol. The van der Waals surface area contributed by atoms with E-state index in [1.54, 1.807) is 0 Å². The average Bonchev–Trinajstić information content (AvgIpc) is 3.03. The van der Waals surface area contributed by atoms with E-state index in [1.807, 2.05) is 24.3 Å². The minimum atomic E-state index is 0.228. The Bertz CT molecular complexity index is 384. The van der Waals surface area contributed by atoms with Crippen molar-refractivity contribution in [2.45, 2.75) is 26.7 Å². The molecule has 0 aromatic heterocycles. The molecule has 1 aromatic carbocycles. The molecule has 1 aliphatic rings. The molecule has 2 nitrogen and oxygen atoms in total. The van der Waals surface area contributed by atoms with Gasteiger partial charge in [0.1, 0.15) is 5.75 Å². The number of hydrogen-bond donors (Lipinski definition) is 0. The van der Waals surface area contributed by atoms with Gasteiger partial charge in [-0.15, -0.1) is 0 Å². The third-order valence-corrected chi connectivity index (χ3v) is 3.06. The van der Waals surface area contributed by atoms with Gasteiger partial charge in [-0.3, -0.25) is 4.79 Å². The maximum Gasteiger partial charge on any atom is 0.169 e. The third-order valence-electron chi connectivity index (χ3n) is 3.06. The lowest BCUT2D eigenvalue weighted by Crippen LogP contribution is -2.07. The molecule has 2 atom stereocenters. The molecule has 0 radical (unpaired) electrons.